The highest BCUT2D eigenvalue weighted by Gasteiger charge is 2.13. The molecule has 1 aromatic rings. The fraction of sp³-hybridized carbons (Fsp3) is 0.444. The summed E-state index contributed by atoms with van der Waals surface area (Å²) < 4.78 is 0.889. The summed E-state index contributed by atoms with van der Waals surface area (Å²) >= 11 is 3.32. The molecule has 0 saturated carbocycles. The van der Waals surface area contributed by atoms with Gasteiger partial charge in [-0.15, -0.1) is 0 Å². The maximum absolute atomic E-state index is 4.20. The number of rotatable bonds is 1. The van der Waals surface area contributed by atoms with Crippen LogP contribution in [-0.2, 0) is 0 Å². The van der Waals surface area contributed by atoms with Gasteiger partial charge in [0.05, 0.1) is 0 Å². The van der Waals surface area contributed by atoms with Gasteiger partial charge in [0.25, 0.3) is 0 Å². The first-order valence-corrected chi connectivity index (χ1v) is 5.21. The molecule has 1 aliphatic rings. The first-order valence-electron chi connectivity index (χ1n) is 4.42. The maximum Gasteiger partial charge on any atom is 0.106 e. The molecule has 3 nitrogen and oxygen atoms in total. The molecular weight excluding hydrogens is 230 g/mol. The van der Waals surface area contributed by atoms with Crippen LogP contribution < -0.4 is 10.6 Å². The third-order valence-corrected chi connectivity index (χ3v) is 2.66. The summed E-state index contributed by atoms with van der Waals surface area (Å²) in [5, 5.41) is 6.78. The molecule has 2 rings (SSSR count). The quantitative estimate of drug-likeness (QED) is 0.723. The lowest BCUT2D eigenvalue weighted by atomic mass is 10.1. The van der Waals surface area contributed by atoms with Crippen molar-refractivity contribution in [1.82, 2.24) is 15.6 Å². The molecule has 0 bridgehead atoms. The van der Waals surface area contributed by atoms with E-state index in [0.717, 1.165) is 24.2 Å². The van der Waals surface area contributed by atoms with Crippen LogP contribution in [0.2, 0.25) is 0 Å². The van der Waals surface area contributed by atoms with Gasteiger partial charge in [0.15, 0.2) is 0 Å². The number of pyridine rings is 1. The molecule has 0 aromatic carbocycles. The minimum Gasteiger partial charge on any atom is -0.314 e. The van der Waals surface area contributed by atoms with Crippen molar-refractivity contribution in [3.63, 3.8) is 0 Å². The van der Waals surface area contributed by atoms with Crippen LogP contribution in [0, 0.1) is 0 Å². The van der Waals surface area contributed by atoms with Gasteiger partial charge in [-0.05, 0) is 27.6 Å². The number of nitrogens with zero attached hydrogens (tertiary/aromatic N) is 1. The number of nitrogens with one attached hydrogen (secondary N) is 2. The van der Waals surface area contributed by atoms with Crippen molar-refractivity contribution < 1.29 is 0 Å². The Morgan fingerprint density at radius 3 is 2.92 bits per heavy atom. The Morgan fingerprint density at radius 1 is 1.38 bits per heavy atom. The molecule has 0 spiro atoms. The molecule has 1 aromatic heterocycles. The molecule has 0 unspecified atom stereocenters. The summed E-state index contributed by atoms with van der Waals surface area (Å²) in [5.74, 6) is 0. The number of piperazine rings is 1. The Balaban J connectivity index is 2.10. The molecular formula is C9H12BrN3. The highest BCUT2D eigenvalue weighted by Crippen LogP contribution is 2.14. The normalized spacial score (nSPS) is 23.0. The largest absolute Gasteiger partial charge is 0.314 e. The van der Waals surface area contributed by atoms with E-state index in [1.165, 1.54) is 5.56 Å². The maximum atomic E-state index is 4.20. The van der Waals surface area contributed by atoms with E-state index in [-0.39, 0.29) is 0 Å². The number of hydrogen-bond acceptors (Lipinski definition) is 3. The summed E-state index contributed by atoms with van der Waals surface area (Å²) in [6.07, 6.45) is 1.91. The Bertz CT molecular complexity index is 267. The summed E-state index contributed by atoms with van der Waals surface area (Å²) in [7, 11) is 0. The van der Waals surface area contributed by atoms with Crippen molar-refractivity contribution in [2.24, 2.45) is 0 Å². The lowest BCUT2D eigenvalue weighted by molar-refractivity contribution is 0.429. The van der Waals surface area contributed by atoms with Crippen LogP contribution in [0.4, 0.5) is 0 Å². The third kappa shape index (κ3) is 2.27. The molecule has 70 valence electrons. The summed E-state index contributed by atoms with van der Waals surface area (Å²) in [6, 6.07) is 4.49. The Morgan fingerprint density at radius 2 is 2.31 bits per heavy atom. The number of aromatic nitrogens is 1. The van der Waals surface area contributed by atoms with Gasteiger partial charge in [-0.25, -0.2) is 4.98 Å². The Labute approximate surface area is 86.1 Å². The van der Waals surface area contributed by atoms with Crippen molar-refractivity contribution in [3.05, 3.63) is 28.5 Å². The SMILES string of the molecule is Brc1ccc([C@@H]2CNCCN2)cn1. The summed E-state index contributed by atoms with van der Waals surface area (Å²) in [6.45, 7) is 3.07. The molecule has 4 heteroatoms. The Kier molecular flexibility index (Phi) is 2.93. The van der Waals surface area contributed by atoms with Crippen molar-refractivity contribution in [3.8, 4) is 0 Å². The zero-order valence-corrected chi connectivity index (χ0v) is 8.84. The van der Waals surface area contributed by atoms with E-state index in [9.17, 15) is 0 Å². The minimum atomic E-state index is 0.411. The highest BCUT2D eigenvalue weighted by atomic mass is 79.9. The van der Waals surface area contributed by atoms with Crippen LogP contribution in [0.25, 0.3) is 0 Å². The average molecular weight is 242 g/mol. The lowest BCUT2D eigenvalue weighted by Gasteiger charge is -2.24. The molecule has 2 N–H and O–H groups in total. The average Bonchev–Trinajstić information content (AvgIpc) is 2.20. The molecule has 0 radical (unpaired) electrons. The first kappa shape index (κ1) is 9.12. The molecule has 13 heavy (non-hydrogen) atoms. The predicted molar refractivity (Wildman–Crippen MR) is 55.6 cm³/mol. The molecule has 2 heterocycles. The van der Waals surface area contributed by atoms with E-state index in [0.29, 0.717) is 6.04 Å². The number of hydrogen-bond donors (Lipinski definition) is 2. The molecule has 1 atom stereocenters. The van der Waals surface area contributed by atoms with Crippen LogP contribution in [0.1, 0.15) is 11.6 Å². The Hall–Kier alpha value is -0.450. The van der Waals surface area contributed by atoms with Crippen LogP contribution in [-0.4, -0.2) is 24.6 Å². The van der Waals surface area contributed by atoms with Gasteiger partial charge in [0, 0.05) is 31.9 Å². The standard InChI is InChI=1S/C9H12BrN3/c10-9-2-1-7(5-13-9)8-6-11-3-4-12-8/h1-2,5,8,11-12H,3-4,6H2/t8-/m0/s1. The van der Waals surface area contributed by atoms with E-state index in [2.05, 4.69) is 37.6 Å². The minimum absolute atomic E-state index is 0.411. The van der Waals surface area contributed by atoms with Gasteiger partial charge < -0.3 is 10.6 Å². The topological polar surface area (TPSA) is 37.0 Å². The van der Waals surface area contributed by atoms with Gasteiger partial charge >= 0.3 is 0 Å². The lowest BCUT2D eigenvalue weighted by Crippen LogP contribution is -2.42. The molecule has 1 saturated heterocycles. The zero-order valence-electron chi connectivity index (χ0n) is 7.26. The van der Waals surface area contributed by atoms with Gasteiger partial charge in [-0.2, -0.15) is 0 Å². The van der Waals surface area contributed by atoms with E-state index in [1.807, 2.05) is 12.3 Å². The second kappa shape index (κ2) is 4.17. The molecule has 1 aliphatic heterocycles. The van der Waals surface area contributed by atoms with E-state index in [4.69, 9.17) is 0 Å². The number of halogens is 1. The van der Waals surface area contributed by atoms with Gasteiger partial charge in [-0.1, -0.05) is 6.07 Å². The smallest absolute Gasteiger partial charge is 0.106 e. The van der Waals surface area contributed by atoms with Gasteiger partial charge in [0.2, 0.25) is 0 Å². The predicted octanol–water partition coefficient (Wildman–Crippen LogP) is 1.08. The van der Waals surface area contributed by atoms with Crippen molar-refractivity contribution in [1.29, 1.82) is 0 Å². The monoisotopic (exact) mass is 241 g/mol. The van der Waals surface area contributed by atoms with E-state index >= 15 is 0 Å². The second-order valence-electron chi connectivity index (χ2n) is 3.13. The molecule has 0 amide bonds. The molecule has 0 aliphatic carbocycles. The van der Waals surface area contributed by atoms with Gasteiger partial charge in [0.1, 0.15) is 4.60 Å². The van der Waals surface area contributed by atoms with Crippen molar-refractivity contribution in [2.45, 2.75) is 6.04 Å². The first-order chi connectivity index (χ1) is 6.36. The van der Waals surface area contributed by atoms with Gasteiger partial charge in [-0.3, -0.25) is 0 Å². The van der Waals surface area contributed by atoms with E-state index < -0.39 is 0 Å². The van der Waals surface area contributed by atoms with Crippen LogP contribution in [0.15, 0.2) is 22.9 Å². The van der Waals surface area contributed by atoms with Crippen LogP contribution in [0.3, 0.4) is 0 Å². The van der Waals surface area contributed by atoms with Crippen LogP contribution in [0.5, 0.6) is 0 Å². The fourth-order valence-electron chi connectivity index (χ4n) is 1.48. The molecule has 1 fully saturated rings. The summed E-state index contributed by atoms with van der Waals surface area (Å²) in [5.41, 5.74) is 1.25. The highest BCUT2D eigenvalue weighted by molar-refractivity contribution is 9.10. The third-order valence-electron chi connectivity index (χ3n) is 2.19. The zero-order chi connectivity index (χ0) is 9.10. The summed E-state index contributed by atoms with van der Waals surface area (Å²) in [4.78, 5) is 4.20. The fourth-order valence-corrected chi connectivity index (χ4v) is 1.72. The van der Waals surface area contributed by atoms with E-state index in [1.54, 1.807) is 0 Å². The van der Waals surface area contributed by atoms with Crippen molar-refractivity contribution >= 4 is 15.9 Å². The van der Waals surface area contributed by atoms with Crippen LogP contribution >= 0.6 is 15.9 Å². The van der Waals surface area contributed by atoms with Crippen molar-refractivity contribution in [2.75, 3.05) is 19.6 Å². The second-order valence-corrected chi connectivity index (χ2v) is 3.94.